The summed E-state index contributed by atoms with van der Waals surface area (Å²) >= 11 is 0. The number of hydrogen-bond acceptors (Lipinski definition) is 6. The number of nitrogens with one attached hydrogen (secondary N) is 1. The van der Waals surface area contributed by atoms with Crippen molar-refractivity contribution in [2.45, 2.75) is 13.0 Å². The molecule has 0 aliphatic heterocycles. The van der Waals surface area contributed by atoms with Crippen LogP contribution in [0.1, 0.15) is 22.5 Å². The summed E-state index contributed by atoms with van der Waals surface area (Å²) in [6.07, 6.45) is 3.67. The van der Waals surface area contributed by atoms with Crippen LogP contribution in [0.25, 0.3) is 0 Å². The van der Waals surface area contributed by atoms with E-state index in [4.69, 9.17) is 16.2 Å². The first-order valence-corrected chi connectivity index (χ1v) is 6.78. The Morgan fingerprint density at radius 3 is 2.77 bits per heavy atom. The zero-order valence-electron chi connectivity index (χ0n) is 13.1. The maximum atomic E-state index is 11.5. The lowest BCUT2D eigenvalue weighted by molar-refractivity contribution is -0.120. The fourth-order valence-corrected chi connectivity index (χ4v) is 1.98. The van der Waals surface area contributed by atoms with Gasteiger partial charge < -0.3 is 31.0 Å². The molecule has 1 heterocycles. The molecule has 1 aromatic heterocycles. The minimum absolute atomic E-state index is 0.222. The van der Waals surface area contributed by atoms with Crippen LogP contribution in [-0.4, -0.2) is 42.0 Å². The number of nitrogens with two attached hydrogens (primary N) is 2. The van der Waals surface area contributed by atoms with Crippen molar-refractivity contribution in [1.82, 2.24) is 14.8 Å². The van der Waals surface area contributed by atoms with E-state index in [-0.39, 0.29) is 30.7 Å². The Morgan fingerprint density at radius 2 is 2.18 bits per heavy atom. The first-order valence-electron chi connectivity index (χ1n) is 6.78. The van der Waals surface area contributed by atoms with Gasteiger partial charge in [-0.15, -0.1) is 0 Å². The number of nitrogens with zero attached hydrogens (tertiary/aromatic N) is 2. The second-order valence-corrected chi connectivity index (χ2v) is 4.92. The van der Waals surface area contributed by atoms with E-state index in [0.29, 0.717) is 12.2 Å². The largest absolute Gasteiger partial charge is 0.464 e. The third-order valence-corrected chi connectivity index (χ3v) is 2.90. The first kappa shape index (κ1) is 17.6. The average Bonchev–Trinajstić information content (AvgIpc) is 2.78. The number of aryl methyl sites for hydroxylation is 1. The Morgan fingerprint density at radius 1 is 1.50 bits per heavy atom. The van der Waals surface area contributed by atoms with Gasteiger partial charge in [0.05, 0.1) is 7.11 Å². The third-order valence-electron chi connectivity index (χ3n) is 2.90. The summed E-state index contributed by atoms with van der Waals surface area (Å²) < 4.78 is 6.40. The molecule has 0 atom stereocenters. The van der Waals surface area contributed by atoms with E-state index in [1.807, 2.05) is 13.2 Å². The number of esters is 1. The van der Waals surface area contributed by atoms with E-state index in [0.717, 1.165) is 5.56 Å². The molecule has 0 aliphatic rings. The second-order valence-electron chi connectivity index (χ2n) is 4.92. The van der Waals surface area contributed by atoms with Gasteiger partial charge in [0.1, 0.15) is 11.5 Å². The van der Waals surface area contributed by atoms with Crippen molar-refractivity contribution in [3.05, 3.63) is 35.5 Å². The lowest BCUT2D eigenvalue weighted by Crippen LogP contribution is -2.30. The van der Waals surface area contributed by atoms with E-state index in [2.05, 4.69) is 5.32 Å². The van der Waals surface area contributed by atoms with Crippen LogP contribution in [0.4, 0.5) is 0 Å². The molecule has 0 saturated carbocycles. The summed E-state index contributed by atoms with van der Waals surface area (Å²) in [5, 5.41) is 2.54. The molecule has 0 aromatic carbocycles. The maximum absolute atomic E-state index is 11.5. The molecule has 1 rings (SSSR count). The van der Waals surface area contributed by atoms with Gasteiger partial charge >= 0.3 is 5.97 Å². The van der Waals surface area contributed by atoms with Gasteiger partial charge in [0.25, 0.3) is 0 Å². The topological polar surface area (TPSA) is 116 Å². The number of amides is 1. The Hall–Kier alpha value is -2.48. The van der Waals surface area contributed by atoms with Crippen LogP contribution in [0.5, 0.6) is 0 Å². The molecule has 0 aliphatic carbocycles. The molecule has 1 amide bonds. The van der Waals surface area contributed by atoms with Crippen molar-refractivity contribution in [1.29, 1.82) is 0 Å². The van der Waals surface area contributed by atoms with Crippen molar-refractivity contribution in [2.75, 3.05) is 20.7 Å². The Balaban J connectivity index is 2.66. The second kappa shape index (κ2) is 8.08. The van der Waals surface area contributed by atoms with Gasteiger partial charge in [0.15, 0.2) is 0 Å². The summed E-state index contributed by atoms with van der Waals surface area (Å²) in [7, 11) is 4.92. The Bertz CT molecular complexity index is 565. The van der Waals surface area contributed by atoms with Crippen LogP contribution in [0, 0.1) is 0 Å². The number of rotatable bonds is 7. The number of aromatic nitrogens is 1. The Kier molecular flexibility index (Phi) is 6.46. The van der Waals surface area contributed by atoms with Crippen molar-refractivity contribution in [3.8, 4) is 0 Å². The van der Waals surface area contributed by atoms with Crippen molar-refractivity contribution in [3.63, 3.8) is 0 Å². The van der Waals surface area contributed by atoms with E-state index >= 15 is 0 Å². The molecule has 0 bridgehead atoms. The highest BCUT2D eigenvalue weighted by atomic mass is 16.5. The molecular weight excluding hydrogens is 286 g/mol. The predicted molar refractivity (Wildman–Crippen MR) is 82.3 cm³/mol. The highest BCUT2D eigenvalue weighted by Gasteiger charge is 2.12. The van der Waals surface area contributed by atoms with Crippen LogP contribution in [0.2, 0.25) is 0 Å². The molecule has 22 heavy (non-hydrogen) atoms. The molecule has 1 aromatic rings. The minimum atomic E-state index is -0.388. The standard InChI is InChI=1S/C14H23N5O3/c1-18(9-12(16)17-13(20)4-5-15)7-10-6-11(14(21)22-3)19(2)8-10/h6,8-9H,4-5,7,15-16H2,1-3H3,(H,17,20)/b12-9+. The van der Waals surface area contributed by atoms with E-state index in [1.54, 1.807) is 28.8 Å². The quantitative estimate of drug-likeness (QED) is 0.583. The van der Waals surface area contributed by atoms with Crippen LogP contribution < -0.4 is 16.8 Å². The SMILES string of the molecule is COC(=O)c1cc(CN(C)/C=C(\N)NC(=O)CCN)cn1C. The highest BCUT2D eigenvalue weighted by molar-refractivity contribution is 5.87. The smallest absolute Gasteiger partial charge is 0.354 e. The molecule has 8 heteroatoms. The summed E-state index contributed by atoms with van der Waals surface area (Å²) in [5.74, 6) is -0.372. The maximum Gasteiger partial charge on any atom is 0.354 e. The van der Waals surface area contributed by atoms with Gasteiger partial charge in [-0.25, -0.2) is 4.79 Å². The number of hydrogen-bond donors (Lipinski definition) is 3. The monoisotopic (exact) mass is 309 g/mol. The summed E-state index contributed by atoms with van der Waals surface area (Å²) in [5.41, 5.74) is 12.4. The molecule has 0 spiro atoms. The third kappa shape index (κ3) is 5.13. The summed E-state index contributed by atoms with van der Waals surface area (Å²) in [4.78, 5) is 24.7. The van der Waals surface area contributed by atoms with Gasteiger partial charge in [-0.05, 0) is 11.6 Å². The zero-order chi connectivity index (χ0) is 16.7. The fraction of sp³-hybridized carbons (Fsp3) is 0.429. The summed E-state index contributed by atoms with van der Waals surface area (Å²) in [6.45, 7) is 0.799. The highest BCUT2D eigenvalue weighted by Crippen LogP contribution is 2.11. The molecule has 0 radical (unpaired) electrons. The predicted octanol–water partition coefficient (Wildman–Crippen LogP) is -0.534. The average molecular weight is 309 g/mol. The number of carbonyl (C=O) groups excluding carboxylic acids is 2. The number of methoxy groups -OCH3 is 1. The molecular formula is C14H23N5O3. The van der Waals surface area contributed by atoms with Gasteiger partial charge in [0, 0.05) is 46.0 Å². The number of carbonyl (C=O) groups is 2. The zero-order valence-corrected chi connectivity index (χ0v) is 13.1. The lowest BCUT2D eigenvalue weighted by Gasteiger charge is -2.14. The molecule has 0 unspecified atom stereocenters. The van der Waals surface area contributed by atoms with Crippen molar-refractivity contribution < 1.29 is 14.3 Å². The Labute approximate surface area is 129 Å². The van der Waals surface area contributed by atoms with Crippen LogP contribution >= 0.6 is 0 Å². The van der Waals surface area contributed by atoms with Gasteiger partial charge in [-0.2, -0.15) is 0 Å². The van der Waals surface area contributed by atoms with Crippen LogP contribution in [0.3, 0.4) is 0 Å². The van der Waals surface area contributed by atoms with Gasteiger partial charge in [-0.1, -0.05) is 0 Å². The van der Waals surface area contributed by atoms with Crippen LogP contribution in [-0.2, 0) is 23.1 Å². The lowest BCUT2D eigenvalue weighted by atomic mass is 10.3. The van der Waals surface area contributed by atoms with Crippen LogP contribution in [0.15, 0.2) is 24.3 Å². The van der Waals surface area contributed by atoms with E-state index in [1.165, 1.54) is 7.11 Å². The normalized spacial score (nSPS) is 11.2. The van der Waals surface area contributed by atoms with Crippen molar-refractivity contribution >= 4 is 11.9 Å². The van der Waals surface area contributed by atoms with Gasteiger partial charge in [0.2, 0.25) is 5.91 Å². The van der Waals surface area contributed by atoms with Gasteiger partial charge in [-0.3, -0.25) is 4.79 Å². The van der Waals surface area contributed by atoms with E-state index in [9.17, 15) is 9.59 Å². The van der Waals surface area contributed by atoms with Crippen molar-refractivity contribution in [2.24, 2.45) is 18.5 Å². The summed E-state index contributed by atoms with van der Waals surface area (Å²) in [6, 6.07) is 1.75. The molecule has 122 valence electrons. The fourth-order valence-electron chi connectivity index (χ4n) is 1.98. The number of ether oxygens (including phenoxy) is 1. The molecule has 0 saturated heterocycles. The molecule has 0 fully saturated rings. The minimum Gasteiger partial charge on any atom is -0.464 e. The molecule has 5 N–H and O–H groups in total. The first-order chi connectivity index (χ1) is 10.4. The van der Waals surface area contributed by atoms with E-state index < -0.39 is 0 Å². The molecule has 8 nitrogen and oxygen atoms in total.